The van der Waals surface area contributed by atoms with Crippen LogP contribution in [-0.2, 0) is 0 Å². The van der Waals surface area contributed by atoms with Crippen LogP contribution in [0.25, 0.3) is 11.2 Å². The molecule has 3 aromatic rings. The highest BCUT2D eigenvalue weighted by Gasteiger charge is 2.17. The van der Waals surface area contributed by atoms with Gasteiger partial charge in [-0.25, -0.2) is 4.98 Å². The van der Waals surface area contributed by atoms with Crippen LogP contribution in [0.15, 0.2) is 24.5 Å². The van der Waals surface area contributed by atoms with Gasteiger partial charge >= 0.3 is 0 Å². The standard InChI is InChI=1S/C19H24N6O/c1-12-8-9-14(15(10-12)26-2)23-19-24-17-16(20-11-21-17)18(25-19)22-13-6-4-3-5-7-13/h8-11,13H,3-7H2,1-2H3,(H3,20,21,22,23,24,25). The molecule has 0 saturated heterocycles. The number of benzene rings is 1. The first-order valence-electron chi connectivity index (χ1n) is 9.12. The van der Waals surface area contributed by atoms with Gasteiger partial charge in [-0.3, -0.25) is 0 Å². The van der Waals surface area contributed by atoms with Crippen LogP contribution >= 0.6 is 0 Å². The lowest BCUT2D eigenvalue weighted by molar-refractivity contribution is 0.416. The number of imidazole rings is 1. The molecule has 0 spiro atoms. The van der Waals surface area contributed by atoms with Crippen molar-refractivity contribution in [2.45, 2.75) is 45.1 Å². The summed E-state index contributed by atoms with van der Waals surface area (Å²) in [5.74, 6) is 2.07. The van der Waals surface area contributed by atoms with Crippen LogP contribution in [0, 0.1) is 6.92 Å². The van der Waals surface area contributed by atoms with E-state index in [2.05, 4.69) is 25.6 Å². The number of nitrogens with zero attached hydrogens (tertiary/aromatic N) is 3. The molecule has 0 unspecified atom stereocenters. The number of hydrogen-bond donors (Lipinski definition) is 3. The van der Waals surface area contributed by atoms with Gasteiger partial charge < -0.3 is 20.4 Å². The van der Waals surface area contributed by atoms with Gasteiger partial charge in [0.05, 0.1) is 19.1 Å². The molecule has 136 valence electrons. The third-order valence-corrected chi connectivity index (χ3v) is 4.84. The fourth-order valence-corrected chi connectivity index (χ4v) is 3.46. The molecular formula is C19H24N6O. The van der Waals surface area contributed by atoms with Crippen molar-refractivity contribution in [3.05, 3.63) is 30.1 Å². The number of anilines is 3. The predicted molar refractivity (Wildman–Crippen MR) is 103 cm³/mol. The fourth-order valence-electron chi connectivity index (χ4n) is 3.46. The van der Waals surface area contributed by atoms with Gasteiger partial charge in [0.1, 0.15) is 11.3 Å². The minimum absolute atomic E-state index is 0.451. The van der Waals surface area contributed by atoms with Crippen molar-refractivity contribution in [2.24, 2.45) is 0 Å². The second kappa shape index (κ2) is 7.19. The summed E-state index contributed by atoms with van der Waals surface area (Å²) in [7, 11) is 1.66. The molecule has 1 saturated carbocycles. The Morgan fingerprint density at radius 3 is 2.81 bits per heavy atom. The van der Waals surface area contributed by atoms with E-state index in [1.807, 2.05) is 25.1 Å². The molecule has 1 aliphatic carbocycles. The van der Waals surface area contributed by atoms with Crippen molar-refractivity contribution >= 4 is 28.6 Å². The molecule has 4 rings (SSSR count). The first-order valence-corrected chi connectivity index (χ1v) is 9.12. The lowest BCUT2D eigenvalue weighted by Crippen LogP contribution is -2.23. The molecule has 1 fully saturated rings. The SMILES string of the molecule is COc1cc(C)ccc1Nc1nc(NC2CCCCC2)c2[nH]cnc2n1. The number of ether oxygens (including phenoxy) is 1. The van der Waals surface area contributed by atoms with Crippen molar-refractivity contribution in [3.8, 4) is 5.75 Å². The Bertz CT molecular complexity index is 900. The van der Waals surface area contributed by atoms with E-state index in [-0.39, 0.29) is 0 Å². The van der Waals surface area contributed by atoms with Crippen LogP contribution in [-0.4, -0.2) is 33.1 Å². The molecule has 3 N–H and O–H groups in total. The number of methoxy groups -OCH3 is 1. The zero-order valence-corrected chi connectivity index (χ0v) is 15.2. The van der Waals surface area contributed by atoms with E-state index in [0.717, 1.165) is 28.3 Å². The molecule has 0 radical (unpaired) electrons. The zero-order chi connectivity index (χ0) is 17.9. The summed E-state index contributed by atoms with van der Waals surface area (Å²) >= 11 is 0. The Kier molecular flexibility index (Phi) is 4.60. The van der Waals surface area contributed by atoms with Gasteiger partial charge in [0.15, 0.2) is 11.5 Å². The van der Waals surface area contributed by atoms with Crippen LogP contribution < -0.4 is 15.4 Å². The van der Waals surface area contributed by atoms with Crippen LogP contribution in [0.5, 0.6) is 5.75 Å². The number of hydrogen-bond acceptors (Lipinski definition) is 6. The number of aromatic nitrogens is 4. The number of aryl methyl sites for hydroxylation is 1. The largest absolute Gasteiger partial charge is 0.495 e. The lowest BCUT2D eigenvalue weighted by Gasteiger charge is -2.23. The quantitative estimate of drug-likeness (QED) is 0.639. The molecule has 1 aliphatic rings. The smallest absolute Gasteiger partial charge is 0.231 e. The summed E-state index contributed by atoms with van der Waals surface area (Å²) in [5, 5.41) is 6.85. The van der Waals surface area contributed by atoms with Crippen molar-refractivity contribution in [1.82, 2.24) is 19.9 Å². The number of fused-ring (bicyclic) bond motifs is 1. The van der Waals surface area contributed by atoms with Gasteiger partial charge in [0, 0.05) is 6.04 Å². The van der Waals surface area contributed by atoms with Crippen LogP contribution in [0.3, 0.4) is 0 Å². The molecule has 26 heavy (non-hydrogen) atoms. The normalized spacial score (nSPS) is 15.2. The third kappa shape index (κ3) is 3.42. The van der Waals surface area contributed by atoms with Crippen molar-refractivity contribution in [1.29, 1.82) is 0 Å². The fraction of sp³-hybridized carbons (Fsp3) is 0.421. The van der Waals surface area contributed by atoms with Gasteiger partial charge in [-0.2, -0.15) is 9.97 Å². The summed E-state index contributed by atoms with van der Waals surface area (Å²) in [6.07, 6.45) is 7.85. The molecule has 0 bridgehead atoms. The second-order valence-electron chi connectivity index (χ2n) is 6.80. The lowest BCUT2D eigenvalue weighted by atomic mass is 9.95. The first-order chi connectivity index (χ1) is 12.7. The summed E-state index contributed by atoms with van der Waals surface area (Å²) in [4.78, 5) is 16.7. The van der Waals surface area contributed by atoms with Gasteiger partial charge in [-0.1, -0.05) is 25.3 Å². The molecule has 7 heteroatoms. The van der Waals surface area contributed by atoms with Gasteiger partial charge in [0.2, 0.25) is 5.95 Å². The summed E-state index contributed by atoms with van der Waals surface area (Å²) in [6, 6.07) is 6.43. The molecular weight excluding hydrogens is 328 g/mol. The van der Waals surface area contributed by atoms with E-state index in [4.69, 9.17) is 9.72 Å². The minimum Gasteiger partial charge on any atom is -0.495 e. The predicted octanol–water partition coefficient (Wildman–Crippen LogP) is 4.16. The van der Waals surface area contributed by atoms with Gasteiger partial charge in [-0.05, 0) is 37.5 Å². The van der Waals surface area contributed by atoms with Crippen LogP contribution in [0.1, 0.15) is 37.7 Å². The molecule has 1 aromatic carbocycles. The third-order valence-electron chi connectivity index (χ3n) is 4.84. The highest BCUT2D eigenvalue weighted by Crippen LogP contribution is 2.29. The summed E-state index contributed by atoms with van der Waals surface area (Å²) in [5.41, 5.74) is 3.45. The Balaban J connectivity index is 1.65. The molecule has 0 atom stereocenters. The van der Waals surface area contributed by atoms with E-state index in [1.165, 1.54) is 32.1 Å². The second-order valence-corrected chi connectivity index (χ2v) is 6.80. The Labute approximate surface area is 152 Å². The van der Waals surface area contributed by atoms with Gasteiger partial charge in [-0.15, -0.1) is 0 Å². The average Bonchev–Trinajstić information content (AvgIpc) is 3.13. The molecule has 2 aromatic heterocycles. The van der Waals surface area contributed by atoms with Gasteiger partial charge in [0.25, 0.3) is 0 Å². The van der Waals surface area contributed by atoms with Crippen molar-refractivity contribution in [3.63, 3.8) is 0 Å². The maximum absolute atomic E-state index is 5.47. The zero-order valence-electron chi connectivity index (χ0n) is 15.2. The van der Waals surface area contributed by atoms with Crippen LogP contribution in [0.2, 0.25) is 0 Å². The maximum Gasteiger partial charge on any atom is 0.231 e. The molecule has 2 heterocycles. The van der Waals surface area contributed by atoms with Crippen LogP contribution in [0.4, 0.5) is 17.5 Å². The maximum atomic E-state index is 5.47. The number of nitrogens with one attached hydrogen (secondary N) is 3. The molecule has 0 amide bonds. The molecule has 7 nitrogen and oxygen atoms in total. The number of aromatic amines is 1. The first kappa shape index (κ1) is 16.6. The highest BCUT2D eigenvalue weighted by molar-refractivity contribution is 5.84. The highest BCUT2D eigenvalue weighted by atomic mass is 16.5. The van der Waals surface area contributed by atoms with E-state index in [9.17, 15) is 0 Å². The van der Waals surface area contributed by atoms with E-state index in [1.54, 1.807) is 13.4 Å². The number of H-pyrrole nitrogens is 1. The summed E-state index contributed by atoms with van der Waals surface area (Å²) < 4.78 is 5.47. The van der Waals surface area contributed by atoms with E-state index >= 15 is 0 Å². The van der Waals surface area contributed by atoms with E-state index in [0.29, 0.717) is 17.6 Å². The number of rotatable bonds is 5. The Morgan fingerprint density at radius 2 is 2.00 bits per heavy atom. The monoisotopic (exact) mass is 352 g/mol. The summed E-state index contributed by atoms with van der Waals surface area (Å²) in [6.45, 7) is 2.03. The Hall–Kier alpha value is -2.83. The molecule has 0 aliphatic heterocycles. The van der Waals surface area contributed by atoms with Crippen molar-refractivity contribution < 1.29 is 4.74 Å². The van der Waals surface area contributed by atoms with E-state index < -0.39 is 0 Å². The topological polar surface area (TPSA) is 87.8 Å². The average molecular weight is 352 g/mol. The Morgan fingerprint density at radius 1 is 1.15 bits per heavy atom. The van der Waals surface area contributed by atoms with Crippen molar-refractivity contribution in [2.75, 3.05) is 17.7 Å². The minimum atomic E-state index is 0.451.